The summed E-state index contributed by atoms with van der Waals surface area (Å²) >= 11 is 3.47. The van der Waals surface area contributed by atoms with Crippen molar-refractivity contribution in [2.45, 2.75) is 84.2 Å². The molecule has 2 fully saturated rings. The van der Waals surface area contributed by atoms with Crippen LogP contribution in [0.3, 0.4) is 0 Å². The second-order valence-electron chi connectivity index (χ2n) is 14.0. The first-order valence-corrected chi connectivity index (χ1v) is 18.0. The van der Waals surface area contributed by atoms with Crippen LogP contribution in [0.4, 0.5) is 11.5 Å². The summed E-state index contributed by atoms with van der Waals surface area (Å²) in [5, 5.41) is 15.0. The van der Waals surface area contributed by atoms with Crippen molar-refractivity contribution in [3.05, 3.63) is 63.8 Å². The van der Waals surface area contributed by atoms with E-state index >= 15 is 0 Å². The van der Waals surface area contributed by atoms with Gasteiger partial charge < -0.3 is 20.4 Å². The molecule has 1 saturated carbocycles. The van der Waals surface area contributed by atoms with E-state index in [2.05, 4.69) is 53.5 Å². The van der Waals surface area contributed by atoms with Gasteiger partial charge in [0, 0.05) is 54.1 Å². The number of benzene rings is 1. The number of carbonyl (C=O) groups excluding carboxylic acids is 3. The number of hydrogen-bond donors (Lipinski definition) is 3. The quantitative estimate of drug-likeness (QED) is 0.216. The first-order chi connectivity index (χ1) is 23.5. The molecule has 11 nitrogen and oxygen atoms in total. The van der Waals surface area contributed by atoms with E-state index in [4.69, 9.17) is 5.41 Å². The monoisotopic (exact) mass is 728 g/mol. The Hall–Kier alpha value is -4.03. The molecule has 4 heterocycles. The number of pyridine rings is 1. The van der Waals surface area contributed by atoms with E-state index in [0.29, 0.717) is 33.9 Å². The molecule has 1 aliphatic carbocycles. The van der Waals surface area contributed by atoms with Crippen LogP contribution in [0.2, 0.25) is 0 Å². The van der Waals surface area contributed by atoms with Gasteiger partial charge in [-0.1, -0.05) is 25.3 Å². The van der Waals surface area contributed by atoms with Crippen molar-refractivity contribution in [2.24, 2.45) is 5.41 Å². The second kappa shape index (κ2) is 14.4. The van der Waals surface area contributed by atoms with Crippen molar-refractivity contribution in [1.29, 1.82) is 5.41 Å². The smallest absolute Gasteiger partial charge is 0.248 e. The predicted octanol–water partition coefficient (Wildman–Crippen LogP) is 5.72. The van der Waals surface area contributed by atoms with E-state index in [1.165, 1.54) is 19.8 Å². The van der Waals surface area contributed by atoms with Gasteiger partial charge >= 0.3 is 0 Å². The Labute approximate surface area is 296 Å². The molecular weight excluding hydrogens is 684 g/mol. The summed E-state index contributed by atoms with van der Waals surface area (Å²) in [5.74, 6) is 0.396. The molecule has 2 bridgehead atoms. The van der Waals surface area contributed by atoms with Crippen LogP contribution in [-0.4, -0.2) is 86.8 Å². The zero-order valence-electron chi connectivity index (χ0n) is 28.7. The molecule has 3 aromatic rings. The first-order valence-electron chi connectivity index (χ1n) is 17.2. The normalized spacial score (nSPS) is 22.9. The second-order valence-corrected chi connectivity index (χ2v) is 14.8. The maximum absolute atomic E-state index is 14.2. The van der Waals surface area contributed by atoms with E-state index in [-0.39, 0.29) is 41.3 Å². The van der Waals surface area contributed by atoms with Gasteiger partial charge in [-0.25, -0.2) is 15.0 Å². The van der Waals surface area contributed by atoms with Crippen molar-refractivity contribution in [2.75, 3.05) is 37.3 Å². The Kier molecular flexibility index (Phi) is 10.3. The Morgan fingerprint density at radius 3 is 2.55 bits per heavy atom. The number of likely N-dealkylation sites (tertiary alicyclic amines) is 1. The molecule has 2 aromatic heterocycles. The Balaban J connectivity index is 1.27. The van der Waals surface area contributed by atoms with Crippen LogP contribution in [0.5, 0.6) is 0 Å². The number of hydrogen-bond acceptors (Lipinski definition) is 9. The summed E-state index contributed by atoms with van der Waals surface area (Å²) in [4.78, 5) is 58.1. The zero-order chi connectivity index (χ0) is 34.9. The van der Waals surface area contributed by atoms with Crippen molar-refractivity contribution in [3.8, 4) is 11.1 Å². The molecule has 258 valence electrons. The van der Waals surface area contributed by atoms with Gasteiger partial charge in [0.1, 0.15) is 28.0 Å². The van der Waals surface area contributed by atoms with Crippen LogP contribution in [-0.2, 0) is 20.8 Å². The number of carbonyl (C=O) groups is 3. The highest BCUT2D eigenvalue weighted by Crippen LogP contribution is 2.60. The van der Waals surface area contributed by atoms with Gasteiger partial charge in [0.25, 0.3) is 0 Å². The number of nitrogens with one attached hydrogen (secondary N) is 3. The lowest BCUT2D eigenvalue weighted by atomic mass is 9.95. The number of nitrogens with zero attached hydrogens (tertiary/aromatic N) is 5. The van der Waals surface area contributed by atoms with Crippen molar-refractivity contribution in [3.63, 3.8) is 0 Å². The van der Waals surface area contributed by atoms with Gasteiger partial charge in [-0.2, -0.15) is 0 Å². The van der Waals surface area contributed by atoms with Crippen LogP contribution < -0.4 is 10.6 Å². The number of piperidine rings is 1. The molecule has 3 aliphatic rings. The van der Waals surface area contributed by atoms with Gasteiger partial charge in [-0.05, 0) is 110 Å². The molecule has 3 atom stereocenters. The predicted molar refractivity (Wildman–Crippen MR) is 194 cm³/mol. The molecule has 1 spiro atoms. The molecule has 1 saturated heterocycles. The number of ketones is 1. The molecule has 12 heteroatoms. The van der Waals surface area contributed by atoms with E-state index in [1.54, 1.807) is 23.4 Å². The molecule has 0 radical (unpaired) electrons. The molecule has 49 heavy (non-hydrogen) atoms. The Morgan fingerprint density at radius 1 is 1.06 bits per heavy atom. The van der Waals surface area contributed by atoms with Gasteiger partial charge in [0.05, 0.1) is 6.54 Å². The minimum Gasteiger partial charge on any atom is -0.375 e. The minimum atomic E-state index is -0.636. The van der Waals surface area contributed by atoms with Crippen molar-refractivity contribution in [1.82, 2.24) is 24.8 Å². The molecule has 2 aliphatic heterocycles. The summed E-state index contributed by atoms with van der Waals surface area (Å²) in [7, 11) is 2.15. The standard InChI is InChI=1S/C37H45BrN8O3/c1-22-14-26(27-18-40-24(3)41-19-27)15-28(33(39)23(2)47)34(22)42-20-32(48)46-29-16-37(17-30(37)46)21-45(4)13-9-7-5-6-8-10-25-11-12-31(38)43-35(25)44-36(29)49/h11-12,14-15,18-19,29-30,39,42H,5-10,13,16-17,20-21H2,1-4H3,(H,43,44,49)/t29-,30+,37-/m0/s1. The lowest BCUT2D eigenvalue weighted by molar-refractivity contribution is -0.136. The number of halogens is 1. The van der Waals surface area contributed by atoms with Crippen molar-refractivity contribution >= 4 is 50.7 Å². The summed E-state index contributed by atoms with van der Waals surface area (Å²) in [5.41, 5.74) is 3.96. The van der Waals surface area contributed by atoms with Crippen LogP contribution in [0.1, 0.15) is 74.4 Å². The van der Waals surface area contributed by atoms with Crippen LogP contribution in [0.25, 0.3) is 11.1 Å². The fraction of sp³-hybridized carbons (Fsp3) is 0.486. The Morgan fingerprint density at radius 2 is 1.80 bits per heavy atom. The van der Waals surface area contributed by atoms with Gasteiger partial charge in [-0.15, -0.1) is 0 Å². The third kappa shape index (κ3) is 7.60. The fourth-order valence-corrected chi connectivity index (χ4v) is 7.94. The van der Waals surface area contributed by atoms with Crippen LogP contribution in [0, 0.1) is 24.7 Å². The third-order valence-electron chi connectivity index (χ3n) is 10.3. The summed E-state index contributed by atoms with van der Waals surface area (Å²) in [6.07, 6.45) is 11.4. The van der Waals surface area contributed by atoms with Gasteiger partial charge in [0.15, 0.2) is 5.78 Å². The van der Waals surface area contributed by atoms with E-state index in [9.17, 15) is 14.4 Å². The van der Waals surface area contributed by atoms with E-state index < -0.39 is 6.04 Å². The van der Waals surface area contributed by atoms with Gasteiger partial charge in [0.2, 0.25) is 11.8 Å². The topological polar surface area (TPSA) is 144 Å². The number of amides is 2. The Bertz CT molecular complexity index is 1780. The summed E-state index contributed by atoms with van der Waals surface area (Å²) in [6.45, 7) is 6.80. The maximum Gasteiger partial charge on any atom is 0.248 e. The number of aryl methyl sites for hydroxylation is 3. The number of anilines is 2. The number of Topliss-reactive ketones (excluding diaryl/α,β-unsaturated/α-hetero) is 1. The third-order valence-corrected chi connectivity index (χ3v) is 10.7. The number of rotatable bonds is 6. The highest BCUT2D eigenvalue weighted by molar-refractivity contribution is 9.10. The zero-order valence-corrected chi connectivity index (χ0v) is 30.3. The van der Waals surface area contributed by atoms with Crippen molar-refractivity contribution < 1.29 is 14.4 Å². The number of fused-ring (bicyclic) bond motifs is 2. The first kappa shape index (κ1) is 34.8. The highest BCUT2D eigenvalue weighted by atomic mass is 79.9. The lowest BCUT2D eigenvalue weighted by Gasteiger charge is -2.28. The average Bonchev–Trinajstić information content (AvgIpc) is 3.65. The van der Waals surface area contributed by atoms with E-state index in [0.717, 1.165) is 67.4 Å². The summed E-state index contributed by atoms with van der Waals surface area (Å²) in [6, 6.07) is 6.95. The molecule has 2 amide bonds. The molecule has 3 N–H and O–H groups in total. The number of aromatic nitrogens is 3. The average molecular weight is 730 g/mol. The van der Waals surface area contributed by atoms with Crippen LogP contribution in [0.15, 0.2) is 41.3 Å². The SMILES string of the molecule is CC(=O)C(=N)c1cc(-c2cnc(C)nc2)cc(C)c1NCC(=O)N1[C@H]2C[C@]3(C[C@@H]13)CN(C)CCCCCCCc1ccc(Br)nc1NC2=O. The largest absolute Gasteiger partial charge is 0.375 e. The molecule has 6 rings (SSSR count). The highest BCUT2D eigenvalue weighted by Gasteiger charge is 2.67. The van der Waals surface area contributed by atoms with Gasteiger partial charge in [-0.3, -0.25) is 19.8 Å². The van der Waals surface area contributed by atoms with E-state index in [1.807, 2.05) is 32.0 Å². The maximum atomic E-state index is 14.2. The molecular formula is C37H45BrN8O3. The van der Waals surface area contributed by atoms with Crippen LogP contribution >= 0.6 is 15.9 Å². The molecule has 0 unspecified atom stereocenters. The lowest BCUT2D eigenvalue weighted by Crippen LogP contribution is -2.47. The molecule has 1 aromatic carbocycles. The fourth-order valence-electron chi connectivity index (χ4n) is 7.63. The summed E-state index contributed by atoms with van der Waals surface area (Å²) < 4.78 is 0.647. The minimum absolute atomic E-state index is 0.0365.